The maximum Gasteiger partial charge on any atom is 0.331 e. The Labute approximate surface area is 120 Å². The predicted octanol–water partition coefficient (Wildman–Crippen LogP) is 2.35. The summed E-state index contributed by atoms with van der Waals surface area (Å²) in [5, 5.41) is 2.80. The molecule has 5 nitrogen and oxygen atoms in total. The van der Waals surface area contributed by atoms with E-state index in [2.05, 4.69) is 5.32 Å². The lowest BCUT2D eigenvalue weighted by atomic mass is 9.96. The van der Waals surface area contributed by atoms with Crippen LogP contribution in [0.2, 0.25) is 0 Å². The van der Waals surface area contributed by atoms with Gasteiger partial charge in [-0.3, -0.25) is 0 Å². The van der Waals surface area contributed by atoms with Crippen LogP contribution in [-0.4, -0.2) is 31.8 Å². The van der Waals surface area contributed by atoms with Crippen LogP contribution < -0.4 is 5.32 Å². The van der Waals surface area contributed by atoms with Crippen LogP contribution in [0.15, 0.2) is 35.2 Å². The van der Waals surface area contributed by atoms with Gasteiger partial charge in [-0.2, -0.15) is 0 Å². The van der Waals surface area contributed by atoms with E-state index in [-0.39, 0.29) is 10.9 Å². The lowest BCUT2D eigenvalue weighted by molar-refractivity contribution is 0.220. The zero-order valence-corrected chi connectivity index (χ0v) is 12.4. The number of hydrogen-bond donors (Lipinski definition) is 1. The largest absolute Gasteiger partial charge is 0.334 e. The van der Waals surface area contributed by atoms with Crippen molar-refractivity contribution >= 4 is 16.1 Å². The molecule has 0 saturated heterocycles. The Morgan fingerprint density at radius 3 is 2.35 bits per heavy atom. The second-order valence-electron chi connectivity index (χ2n) is 5.07. The summed E-state index contributed by atoms with van der Waals surface area (Å²) >= 11 is 0. The summed E-state index contributed by atoms with van der Waals surface area (Å²) in [5.41, 5.74) is 0. The monoisotopic (exact) mass is 296 g/mol. The Morgan fingerprint density at radius 1 is 1.15 bits per heavy atom. The second kappa shape index (κ2) is 6.26. The fourth-order valence-corrected chi connectivity index (χ4v) is 3.46. The minimum atomic E-state index is -3.77. The van der Waals surface area contributed by atoms with Gasteiger partial charge >= 0.3 is 6.03 Å². The van der Waals surface area contributed by atoms with E-state index in [1.165, 1.54) is 25.6 Å². The molecule has 20 heavy (non-hydrogen) atoms. The van der Waals surface area contributed by atoms with Crippen LogP contribution in [-0.2, 0) is 10.0 Å². The molecule has 0 bridgehead atoms. The van der Waals surface area contributed by atoms with Gasteiger partial charge in [0.05, 0.1) is 4.90 Å². The van der Waals surface area contributed by atoms with E-state index in [4.69, 9.17) is 0 Å². The summed E-state index contributed by atoms with van der Waals surface area (Å²) in [4.78, 5) is 12.2. The van der Waals surface area contributed by atoms with Gasteiger partial charge in [0.2, 0.25) is 0 Å². The molecule has 0 radical (unpaired) electrons. The first-order valence-electron chi connectivity index (χ1n) is 6.86. The van der Waals surface area contributed by atoms with E-state index in [0.717, 1.165) is 30.0 Å². The van der Waals surface area contributed by atoms with E-state index in [1.807, 2.05) is 0 Å². The highest BCUT2D eigenvalue weighted by atomic mass is 32.2. The second-order valence-corrected chi connectivity index (χ2v) is 7.04. The highest BCUT2D eigenvalue weighted by Crippen LogP contribution is 2.19. The van der Waals surface area contributed by atoms with Crippen LogP contribution in [0.1, 0.15) is 32.1 Å². The van der Waals surface area contributed by atoms with Crippen molar-refractivity contribution in [2.45, 2.75) is 43.0 Å². The van der Waals surface area contributed by atoms with Crippen LogP contribution >= 0.6 is 0 Å². The normalized spacial score (nSPS) is 16.6. The van der Waals surface area contributed by atoms with Crippen molar-refractivity contribution in [2.24, 2.45) is 0 Å². The number of benzene rings is 1. The van der Waals surface area contributed by atoms with Gasteiger partial charge in [-0.25, -0.2) is 17.5 Å². The SMILES string of the molecule is CN(C(=O)NC1CCCCC1)S(=O)(=O)c1ccccc1. The fraction of sp³-hybridized carbons (Fsp3) is 0.500. The lowest BCUT2D eigenvalue weighted by Gasteiger charge is -2.25. The third kappa shape index (κ3) is 3.30. The van der Waals surface area contributed by atoms with Crippen LogP contribution in [0.25, 0.3) is 0 Å². The zero-order chi connectivity index (χ0) is 14.6. The summed E-state index contributed by atoms with van der Waals surface area (Å²) in [7, 11) is -2.48. The van der Waals surface area contributed by atoms with Gasteiger partial charge in [-0.05, 0) is 25.0 Å². The molecule has 0 aromatic heterocycles. The first-order chi connectivity index (χ1) is 9.51. The number of nitrogens with zero attached hydrogens (tertiary/aromatic N) is 1. The molecule has 1 fully saturated rings. The Morgan fingerprint density at radius 2 is 1.75 bits per heavy atom. The molecule has 2 amide bonds. The third-order valence-electron chi connectivity index (χ3n) is 3.62. The first kappa shape index (κ1) is 14.8. The molecule has 1 N–H and O–H groups in total. The quantitative estimate of drug-likeness (QED) is 0.931. The third-order valence-corrected chi connectivity index (χ3v) is 5.38. The summed E-state index contributed by atoms with van der Waals surface area (Å²) in [6.07, 6.45) is 5.20. The van der Waals surface area contributed by atoms with Gasteiger partial charge < -0.3 is 5.32 Å². The molecular formula is C14H20N2O3S. The maximum absolute atomic E-state index is 12.3. The summed E-state index contributed by atoms with van der Waals surface area (Å²) < 4.78 is 25.3. The summed E-state index contributed by atoms with van der Waals surface area (Å²) in [6.45, 7) is 0. The van der Waals surface area contributed by atoms with Crippen LogP contribution in [0.4, 0.5) is 4.79 Å². The van der Waals surface area contributed by atoms with Crippen molar-refractivity contribution in [1.82, 2.24) is 9.62 Å². The zero-order valence-electron chi connectivity index (χ0n) is 11.6. The Balaban J connectivity index is 2.06. The topological polar surface area (TPSA) is 66.5 Å². The molecule has 0 atom stereocenters. The average Bonchev–Trinajstić information content (AvgIpc) is 2.48. The van der Waals surface area contributed by atoms with Crippen molar-refractivity contribution in [1.29, 1.82) is 0 Å². The maximum atomic E-state index is 12.3. The molecule has 0 unspecified atom stereocenters. The lowest BCUT2D eigenvalue weighted by Crippen LogP contribution is -2.46. The smallest absolute Gasteiger partial charge is 0.331 e. The van der Waals surface area contributed by atoms with E-state index in [0.29, 0.717) is 0 Å². The summed E-state index contributed by atoms with van der Waals surface area (Å²) in [5.74, 6) is 0. The predicted molar refractivity (Wildman–Crippen MR) is 76.8 cm³/mol. The minimum absolute atomic E-state index is 0.0877. The molecule has 1 aliphatic rings. The fourth-order valence-electron chi connectivity index (χ4n) is 2.37. The van der Waals surface area contributed by atoms with Crippen molar-refractivity contribution in [2.75, 3.05) is 7.05 Å². The average molecular weight is 296 g/mol. The summed E-state index contributed by atoms with van der Waals surface area (Å²) in [6, 6.07) is 7.52. The molecule has 0 heterocycles. The highest BCUT2D eigenvalue weighted by molar-refractivity contribution is 7.89. The first-order valence-corrected chi connectivity index (χ1v) is 8.30. The number of sulfonamides is 1. The molecule has 0 aliphatic heterocycles. The molecule has 1 aromatic carbocycles. The van der Waals surface area contributed by atoms with E-state index in [1.54, 1.807) is 18.2 Å². The van der Waals surface area contributed by atoms with E-state index >= 15 is 0 Å². The Bertz CT molecular complexity index is 551. The van der Waals surface area contributed by atoms with Gasteiger partial charge in [-0.1, -0.05) is 37.5 Å². The van der Waals surface area contributed by atoms with Gasteiger partial charge in [0.1, 0.15) is 0 Å². The number of carbonyl (C=O) groups excluding carboxylic acids is 1. The number of nitrogens with one attached hydrogen (secondary N) is 1. The highest BCUT2D eigenvalue weighted by Gasteiger charge is 2.27. The standard InChI is InChI=1S/C14H20N2O3S/c1-16(14(17)15-12-8-4-2-5-9-12)20(18,19)13-10-6-3-7-11-13/h3,6-7,10-12H,2,4-5,8-9H2,1H3,(H,15,17). The molecule has 110 valence electrons. The van der Waals surface area contributed by atoms with Crippen LogP contribution in [0, 0.1) is 0 Å². The number of amides is 2. The van der Waals surface area contributed by atoms with E-state index < -0.39 is 16.1 Å². The van der Waals surface area contributed by atoms with Gasteiger partial charge in [0.15, 0.2) is 0 Å². The van der Waals surface area contributed by atoms with Crippen molar-refractivity contribution in [3.63, 3.8) is 0 Å². The molecule has 1 aromatic rings. The van der Waals surface area contributed by atoms with Crippen molar-refractivity contribution < 1.29 is 13.2 Å². The number of hydrogen-bond acceptors (Lipinski definition) is 3. The van der Waals surface area contributed by atoms with E-state index in [9.17, 15) is 13.2 Å². The number of rotatable bonds is 3. The van der Waals surface area contributed by atoms with Crippen molar-refractivity contribution in [3.8, 4) is 0 Å². The molecular weight excluding hydrogens is 276 g/mol. The Kier molecular flexibility index (Phi) is 4.65. The molecule has 1 saturated carbocycles. The molecule has 1 aliphatic carbocycles. The molecule has 2 rings (SSSR count). The number of carbonyl (C=O) groups is 1. The van der Waals surface area contributed by atoms with Gasteiger partial charge in [0.25, 0.3) is 10.0 Å². The minimum Gasteiger partial charge on any atom is -0.334 e. The van der Waals surface area contributed by atoms with Crippen LogP contribution in [0.3, 0.4) is 0 Å². The Hall–Kier alpha value is -1.56. The van der Waals surface area contributed by atoms with Crippen LogP contribution in [0.5, 0.6) is 0 Å². The number of urea groups is 1. The van der Waals surface area contributed by atoms with Crippen molar-refractivity contribution in [3.05, 3.63) is 30.3 Å². The van der Waals surface area contributed by atoms with Gasteiger partial charge in [0, 0.05) is 13.1 Å². The molecule has 0 spiro atoms. The van der Waals surface area contributed by atoms with Gasteiger partial charge in [-0.15, -0.1) is 0 Å². The molecule has 6 heteroatoms.